The first-order valence-corrected chi connectivity index (χ1v) is 7.46. The number of hydrogen-bond acceptors (Lipinski definition) is 4. The van der Waals surface area contributed by atoms with E-state index in [4.69, 9.17) is 0 Å². The lowest BCUT2D eigenvalue weighted by molar-refractivity contribution is -0.385. The monoisotopic (exact) mass is 306 g/mol. The van der Waals surface area contributed by atoms with Crippen LogP contribution in [-0.2, 0) is 11.2 Å². The van der Waals surface area contributed by atoms with Crippen LogP contribution in [0.15, 0.2) is 18.2 Å². The summed E-state index contributed by atoms with van der Waals surface area (Å²) in [5.41, 5.74) is 0.287. The van der Waals surface area contributed by atoms with Crippen LogP contribution in [0.2, 0.25) is 0 Å². The molecule has 0 saturated carbocycles. The summed E-state index contributed by atoms with van der Waals surface area (Å²) < 4.78 is 0. The molecule has 0 aromatic heterocycles. The van der Waals surface area contributed by atoms with Crippen LogP contribution in [0.4, 0.5) is 5.69 Å². The predicted octanol–water partition coefficient (Wildman–Crippen LogP) is 2.21. The van der Waals surface area contributed by atoms with E-state index in [1.54, 1.807) is 37.8 Å². The van der Waals surface area contributed by atoms with Crippen LogP contribution in [-0.4, -0.2) is 39.0 Å². The van der Waals surface area contributed by atoms with Gasteiger partial charge in [0, 0.05) is 18.2 Å². The third-order valence-electron chi connectivity index (χ3n) is 4.34. The van der Waals surface area contributed by atoms with E-state index in [0.717, 1.165) is 12.8 Å². The van der Waals surface area contributed by atoms with Crippen molar-refractivity contribution in [3.63, 3.8) is 0 Å². The SMILES string of the molecule is Cc1c(CC(=O)N2CCC[C@H]2C(C)(C)O)cccc1[N+](=O)[O-]. The average Bonchev–Trinajstić information content (AvgIpc) is 2.90. The highest BCUT2D eigenvalue weighted by Gasteiger charge is 2.38. The van der Waals surface area contributed by atoms with Crippen molar-refractivity contribution >= 4 is 11.6 Å². The first-order chi connectivity index (χ1) is 10.2. The molecule has 1 atom stereocenters. The standard InChI is InChI=1S/C16H22N2O4/c1-11-12(6-4-7-13(11)18(21)22)10-15(19)17-9-5-8-14(17)16(2,3)20/h4,6-7,14,20H,5,8-10H2,1-3H3/t14-/m0/s1. The number of hydrogen-bond donors (Lipinski definition) is 1. The molecule has 1 aliphatic heterocycles. The largest absolute Gasteiger partial charge is 0.388 e. The highest BCUT2D eigenvalue weighted by molar-refractivity contribution is 5.80. The lowest BCUT2D eigenvalue weighted by Gasteiger charge is -2.34. The summed E-state index contributed by atoms with van der Waals surface area (Å²) >= 11 is 0. The van der Waals surface area contributed by atoms with Gasteiger partial charge in [0.2, 0.25) is 5.91 Å². The molecule has 6 nitrogen and oxygen atoms in total. The molecule has 1 heterocycles. The van der Waals surface area contributed by atoms with Gasteiger partial charge in [-0.1, -0.05) is 12.1 Å². The number of amides is 1. The Labute approximate surface area is 129 Å². The Kier molecular flexibility index (Phi) is 4.51. The Morgan fingerprint density at radius 3 is 2.77 bits per heavy atom. The van der Waals surface area contributed by atoms with E-state index in [1.165, 1.54) is 6.07 Å². The molecule has 22 heavy (non-hydrogen) atoms. The zero-order valence-corrected chi connectivity index (χ0v) is 13.2. The molecule has 2 rings (SSSR count). The van der Waals surface area contributed by atoms with Gasteiger partial charge in [0.15, 0.2) is 0 Å². The number of nitrogens with zero attached hydrogens (tertiary/aromatic N) is 2. The van der Waals surface area contributed by atoms with Crippen LogP contribution in [0.3, 0.4) is 0 Å². The van der Waals surface area contributed by atoms with Crippen molar-refractivity contribution < 1.29 is 14.8 Å². The fourth-order valence-electron chi connectivity index (χ4n) is 3.12. The topological polar surface area (TPSA) is 83.7 Å². The molecular formula is C16H22N2O4. The second kappa shape index (κ2) is 6.04. The Hall–Kier alpha value is -1.95. The van der Waals surface area contributed by atoms with Crippen molar-refractivity contribution in [1.29, 1.82) is 0 Å². The van der Waals surface area contributed by atoms with Crippen LogP contribution < -0.4 is 0 Å². The normalized spacial score (nSPS) is 18.5. The molecule has 1 amide bonds. The van der Waals surface area contributed by atoms with Crippen molar-refractivity contribution in [3.8, 4) is 0 Å². The first-order valence-electron chi connectivity index (χ1n) is 7.46. The summed E-state index contributed by atoms with van der Waals surface area (Å²) in [6.45, 7) is 5.71. The molecule has 0 radical (unpaired) electrons. The van der Waals surface area contributed by atoms with E-state index in [-0.39, 0.29) is 24.1 Å². The molecule has 1 fully saturated rings. The quantitative estimate of drug-likeness (QED) is 0.683. The summed E-state index contributed by atoms with van der Waals surface area (Å²) in [4.78, 5) is 24.8. The summed E-state index contributed by atoms with van der Waals surface area (Å²) in [6.07, 6.45) is 1.78. The molecule has 1 N–H and O–H groups in total. The van der Waals surface area contributed by atoms with E-state index < -0.39 is 10.5 Å². The lowest BCUT2D eigenvalue weighted by atomic mass is 9.96. The van der Waals surface area contributed by atoms with Gasteiger partial charge >= 0.3 is 0 Å². The third kappa shape index (κ3) is 3.27. The maximum atomic E-state index is 12.6. The Bertz CT molecular complexity index is 592. The molecule has 0 bridgehead atoms. The van der Waals surface area contributed by atoms with Crippen molar-refractivity contribution in [3.05, 3.63) is 39.4 Å². The summed E-state index contributed by atoms with van der Waals surface area (Å²) in [7, 11) is 0. The number of nitro groups is 1. The van der Waals surface area contributed by atoms with E-state index >= 15 is 0 Å². The van der Waals surface area contributed by atoms with E-state index in [0.29, 0.717) is 17.7 Å². The van der Waals surface area contributed by atoms with Gasteiger partial charge in [-0.25, -0.2) is 0 Å². The number of benzene rings is 1. The maximum Gasteiger partial charge on any atom is 0.272 e. The van der Waals surface area contributed by atoms with Crippen LogP contribution in [0.1, 0.15) is 37.8 Å². The van der Waals surface area contributed by atoms with Crippen LogP contribution >= 0.6 is 0 Å². The molecule has 1 aliphatic rings. The molecule has 1 aromatic rings. The molecule has 120 valence electrons. The molecule has 6 heteroatoms. The minimum absolute atomic E-state index is 0.0331. The van der Waals surface area contributed by atoms with Gasteiger partial charge in [0.25, 0.3) is 5.69 Å². The second-order valence-electron chi connectivity index (χ2n) is 6.39. The van der Waals surface area contributed by atoms with Crippen molar-refractivity contribution in [2.24, 2.45) is 0 Å². The Morgan fingerprint density at radius 2 is 2.18 bits per heavy atom. The molecule has 0 spiro atoms. The molecule has 0 unspecified atom stereocenters. The van der Waals surface area contributed by atoms with Crippen molar-refractivity contribution in [1.82, 2.24) is 4.90 Å². The Balaban J connectivity index is 2.19. The summed E-state index contributed by atoms with van der Waals surface area (Å²) in [5.74, 6) is -0.0896. The van der Waals surface area contributed by atoms with Gasteiger partial charge in [-0.15, -0.1) is 0 Å². The van der Waals surface area contributed by atoms with Crippen LogP contribution in [0.25, 0.3) is 0 Å². The average molecular weight is 306 g/mol. The minimum Gasteiger partial charge on any atom is -0.388 e. The lowest BCUT2D eigenvalue weighted by Crippen LogP contribution is -2.48. The number of likely N-dealkylation sites (tertiary alicyclic amines) is 1. The molecule has 1 saturated heterocycles. The van der Waals surface area contributed by atoms with Gasteiger partial charge in [-0.05, 0) is 39.2 Å². The zero-order valence-electron chi connectivity index (χ0n) is 13.2. The fraction of sp³-hybridized carbons (Fsp3) is 0.562. The second-order valence-corrected chi connectivity index (χ2v) is 6.39. The number of aliphatic hydroxyl groups is 1. The first kappa shape index (κ1) is 16.4. The van der Waals surface area contributed by atoms with E-state index in [9.17, 15) is 20.0 Å². The van der Waals surface area contributed by atoms with Gasteiger partial charge in [0.05, 0.1) is 23.0 Å². The minimum atomic E-state index is -0.941. The van der Waals surface area contributed by atoms with Gasteiger partial charge in [0.1, 0.15) is 0 Å². The van der Waals surface area contributed by atoms with Gasteiger partial charge in [-0.3, -0.25) is 14.9 Å². The molecule has 0 aliphatic carbocycles. The molecular weight excluding hydrogens is 284 g/mol. The number of nitro benzene ring substituents is 1. The number of carbonyl (C=O) groups is 1. The van der Waals surface area contributed by atoms with Crippen molar-refractivity contribution in [2.45, 2.75) is 51.7 Å². The Morgan fingerprint density at radius 1 is 1.50 bits per heavy atom. The van der Waals surface area contributed by atoms with E-state index in [1.807, 2.05) is 0 Å². The highest BCUT2D eigenvalue weighted by Crippen LogP contribution is 2.28. The third-order valence-corrected chi connectivity index (χ3v) is 4.34. The fourth-order valence-corrected chi connectivity index (χ4v) is 3.12. The highest BCUT2D eigenvalue weighted by atomic mass is 16.6. The number of carbonyl (C=O) groups excluding carboxylic acids is 1. The summed E-state index contributed by atoms with van der Waals surface area (Å²) in [6, 6.07) is 4.60. The zero-order chi connectivity index (χ0) is 16.5. The van der Waals surface area contributed by atoms with Crippen molar-refractivity contribution in [2.75, 3.05) is 6.54 Å². The van der Waals surface area contributed by atoms with Gasteiger partial charge in [-0.2, -0.15) is 0 Å². The maximum absolute atomic E-state index is 12.6. The van der Waals surface area contributed by atoms with E-state index in [2.05, 4.69) is 0 Å². The predicted molar refractivity (Wildman–Crippen MR) is 82.6 cm³/mol. The molecule has 1 aromatic carbocycles. The van der Waals surface area contributed by atoms with Crippen LogP contribution in [0.5, 0.6) is 0 Å². The smallest absolute Gasteiger partial charge is 0.272 e. The summed E-state index contributed by atoms with van der Waals surface area (Å²) in [5, 5.41) is 21.2. The van der Waals surface area contributed by atoms with Crippen LogP contribution in [0, 0.1) is 17.0 Å². The number of rotatable bonds is 4. The van der Waals surface area contributed by atoms with Gasteiger partial charge < -0.3 is 10.0 Å².